The number of carbonyl (C=O) groups is 1. The van der Waals surface area contributed by atoms with Crippen molar-refractivity contribution in [2.75, 3.05) is 12.4 Å². The molecule has 1 aromatic carbocycles. The van der Waals surface area contributed by atoms with Gasteiger partial charge in [-0.05, 0) is 12.1 Å². The zero-order valence-corrected chi connectivity index (χ0v) is 14.4. The summed E-state index contributed by atoms with van der Waals surface area (Å²) >= 11 is 0. The molecule has 8 heteroatoms. The third-order valence-electron chi connectivity index (χ3n) is 3.70. The van der Waals surface area contributed by atoms with Crippen molar-refractivity contribution in [3.8, 4) is 17.0 Å². The molecule has 0 spiro atoms. The number of nitrogens with one attached hydrogen (secondary N) is 2. The highest BCUT2D eigenvalue weighted by atomic mass is 16.5. The summed E-state index contributed by atoms with van der Waals surface area (Å²) in [5.41, 5.74) is 2.60. The summed E-state index contributed by atoms with van der Waals surface area (Å²) in [7, 11) is 5.23. The van der Waals surface area contributed by atoms with Crippen LogP contribution in [0.2, 0.25) is 0 Å². The average Bonchev–Trinajstić information content (AvgIpc) is 3.19. The minimum Gasteiger partial charge on any atom is -0.497 e. The van der Waals surface area contributed by atoms with Gasteiger partial charge in [-0.2, -0.15) is 10.2 Å². The summed E-state index contributed by atoms with van der Waals surface area (Å²) in [6.07, 6.45) is 3.57. The summed E-state index contributed by atoms with van der Waals surface area (Å²) < 4.78 is 8.55. The molecule has 0 aliphatic heterocycles. The SMILES string of the molecule is COc1cccc(-c2cc(NC(=O)NCc3cnn(C)c3)n(C)n2)c1. The Morgan fingerprint density at radius 1 is 1.28 bits per heavy atom. The van der Waals surface area contributed by atoms with E-state index >= 15 is 0 Å². The first-order valence-electron chi connectivity index (χ1n) is 7.76. The summed E-state index contributed by atoms with van der Waals surface area (Å²) in [5.74, 6) is 1.35. The third-order valence-corrected chi connectivity index (χ3v) is 3.70. The maximum absolute atomic E-state index is 12.1. The van der Waals surface area contributed by atoms with Crippen LogP contribution in [-0.4, -0.2) is 32.7 Å². The minimum atomic E-state index is -0.302. The van der Waals surface area contributed by atoms with E-state index in [0.29, 0.717) is 12.4 Å². The van der Waals surface area contributed by atoms with Crippen LogP contribution in [0, 0.1) is 0 Å². The number of aryl methyl sites for hydroxylation is 2. The molecule has 0 aliphatic carbocycles. The minimum absolute atomic E-state index is 0.302. The molecule has 0 bridgehead atoms. The molecule has 2 N–H and O–H groups in total. The summed E-state index contributed by atoms with van der Waals surface area (Å²) in [6, 6.07) is 9.13. The lowest BCUT2D eigenvalue weighted by atomic mass is 10.1. The predicted octanol–water partition coefficient (Wildman–Crippen LogP) is 2.15. The molecule has 0 saturated carbocycles. The molecule has 0 aliphatic rings. The first kappa shape index (κ1) is 16.6. The van der Waals surface area contributed by atoms with E-state index in [4.69, 9.17) is 4.74 Å². The molecule has 0 fully saturated rings. The molecule has 0 unspecified atom stereocenters. The van der Waals surface area contributed by atoms with E-state index in [1.807, 2.05) is 43.6 Å². The molecule has 3 aromatic rings. The van der Waals surface area contributed by atoms with Crippen molar-refractivity contribution in [1.29, 1.82) is 0 Å². The van der Waals surface area contributed by atoms with E-state index < -0.39 is 0 Å². The van der Waals surface area contributed by atoms with E-state index in [9.17, 15) is 4.79 Å². The largest absolute Gasteiger partial charge is 0.497 e. The van der Waals surface area contributed by atoms with Gasteiger partial charge in [-0.15, -0.1) is 0 Å². The second-order valence-electron chi connectivity index (χ2n) is 5.60. The van der Waals surface area contributed by atoms with Gasteiger partial charge in [0.25, 0.3) is 0 Å². The fourth-order valence-electron chi connectivity index (χ4n) is 2.41. The van der Waals surface area contributed by atoms with Gasteiger partial charge in [0.2, 0.25) is 0 Å². The van der Waals surface area contributed by atoms with Gasteiger partial charge in [0, 0.05) is 44.0 Å². The number of nitrogens with zero attached hydrogens (tertiary/aromatic N) is 4. The van der Waals surface area contributed by atoms with Crippen molar-refractivity contribution < 1.29 is 9.53 Å². The molecule has 0 saturated heterocycles. The van der Waals surface area contributed by atoms with Gasteiger partial charge in [-0.25, -0.2) is 4.79 Å². The second-order valence-corrected chi connectivity index (χ2v) is 5.60. The fraction of sp³-hybridized carbons (Fsp3) is 0.235. The number of methoxy groups -OCH3 is 1. The van der Waals surface area contributed by atoms with Gasteiger partial charge < -0.3 is 10.1 Å². The van der Waals surface area contributed by atoms with Crippen molar-refractivity contribution in [3.05, 3.63) is 48.3 Å². The second kappa shape index (κ2) is 7.08. The van der Waals surface area contributed by atoms with Crippen molar-refractivity contribution in [1.82, 2.24) is 24.9 Å². The van der Waals surface area contributed by atoms with Crippen LogP contribution in [0.5, 0.6) is 5.75 Å². The Morgan fingerprint density at radius 2 is 2.12 bits per heavy atom. The maximum atomic E-state index is 12.1. The van der Waals surface area contributed by atoms with Gasteiger partial charge >= 0.3 is 6.03 Å². The zero-order chi connectivity index (χ0) is 17.8. The lowest BCUT2D eigenvalue weighted by Crippen LogP contribution is -2.28. The van der Waals surface area contributed by atoms with E-state index in [-0.39, 0.29) is 6.03 Å². The van der Waals surface area contributed by atoms with Gasteiger partial charge in [0.05, 0.1) is 19.0 Å². The Bertz CT molecular complexity index is 883. The molecule has 0 atom stereocenters. The lowest BCUT2D eigenvalue weighted by molar-refractivity contribution is 0.251. The number of hydrogen-bond donors (Lipinski definition) is 2. The monoisotopic (exact) mass is 340 g/mol. The van der Waals surface area contributed by atoms with Crippen LogP contribution < -0.4 is 15.4 Å². The van der Waals surface area contributed by atoms with Crippen molar-refractivity contribution in [3.63, 3.8) is 0 Å². The lowest BCUT2D eigenvalue weighted by Gasteiger charge is -2.06. The van der Waals surface area contributed by atoms with Crippen molar-refractivity contribution in [2.45, 2.75) is 6.54 Å². The van der Waals surface area contributed by atoms with Gasteiger partial charge in [-0.1, -0.05) is 12.1 Å². The molecule has 2 heterocycles. The molecular weight excluding hydrogens is 320 g/mol. The standard InChI is InChI=1S/C17H20N6O2/c1-22-11-12(10-19-22)9-18-17(24)20-16-8-15(21-23(16)2)13-5-4-6-14(7-13)25-3/h4-8,10-11H,9H2,1-3H3,(H2,18,20,24). The first-order chi connectivity index (χ1) is 12.0. The number of anilines is 1. The van der Waals surface area contributed by atoms with Crippen LogP contribution in [0.4, 0.5) is 10.6 Å². The quantitative estimate of drug-likeness (QED) is 0.745. The molecule has 130 valence electrons. The molecule has 8 nitrogen and oxygen atoms in total. The number of amides is 2. The third kappa shape index (κ3) is 3.97. The number of ether oxygens (including phenoxy) is 1. The number of hydrogen-bond acceptors (Lipinski definition) is 4. The highest BCUT2D eigenvalue weighted by Crippen LogP contribution is 2.24. The number of aromatic nitrogens is 4. The average molecular weight is 340 g/mol. The highest BCUT2D eigenvalue weighted by molar-refractivity contribution is 5.89. The summed E-state index contributed by atoms with van der Waals surface area (Å²) in [4.78, 5) is 12.1. The summed E-state index contributed by atoms with van der Waals surface area (Å²) in [6.45, 7) is 0.403. The maximum Gasteiger partial charge on any atom is 0.320 e. The Labute approximate surface area is 145 Å². The van der Waals surface area contributed by atoms with Crippen LogP contribution in [0.25, 0.3) is 11.3 Å². The van der Waals surface area contributed by atoms with E-state index in [2.05, 4.69) is 20.8 Å². The predicted molar refractivity (Wildman–Crippen MR) is 94.3 cm³/mol. The Hall–Kier alpha value is -3.29. The smallest absolute Gasteiger partial charge is 0.320 e. The van der Waals surface area contributed by atoms with E-state index in [1.165, 1.54) is 0 Å². The van der Waals surface area contributed by atoms with Gasteiger partial charge in [-0.3, -0.25) is 14.7 Å². The molecular formula is C17H20N6O2. The first-order valence-corrected chi connectivity index (χ1v) is 7.76. The number of carbonyl (C=O) groups excluding carboxylic acids is 1. The molecule has 25 heavy (non-hydrogen) atoms. The normalized spacial score (nSPS) is 10.5. The molecule has 3 rings (SSSR count). The molecule has 0 radical (unpaired) electrons. The highest BCUT2D eigenvalue weighted by Gasteiger charge is 2.11. The van der Waals surface area contributed by atoms with Crippen LogP contribution in [-0.2, 0) is 20.6 Å². The van der Waals surface area contributed by atoms with Gasteiger partial charge in [0.15, 0.2) is 0 Å². The van der Waals surface area contributed by atoms with Crippen LogP contribution in [0.3, 0.4) is 0 Å². The van der Waals surface area contributed by atoms with Crippen LogP contribution >= 0.6 is 0 Å². The topological polar surface area (TPSA) is 86.0 Å². The Balaban J connectivity index is 1.66. The number of urea groups is 1. The Kier molecular flexibility index (Phi) is 4.69. The molecule has 2 aromatic heterocycles. The number of benzene rings is 1. The number of rotatable bonds is 5. The van der Waals surface area contributed by atoms with Crippen molar-refractivity contribution in [2.24, 2.45) is 14.1 Å². The van der Waals surface area contributed by atoms with Crippen LogP contribution in [0.1, 0.15) is 5.56 Å². The molecule has 2 amide bonds. The fourth-order valence-corrected chi connectivity index (χ4v) is 2.41. The van der Waals surface area contributed by atoms with Crippen molar-refractivity contribution >= 4 is 11.8 Å². The Morgan fingerprint density at radius 3 is 2.84 bits per heavy atom. The zero-order valence-electron chi connectivity index (χ0n) is 14.4. The summed E-state index contributed by atoms with van der Waals surface area (Å²) in [5, 5.41) is 14.1. The van der Waals surface area contributed by atoms with Crippen LogP contribution in [0.15, 0.2) is 42.7 Å². The van der Waals surface area contributed by atoms with E-state index in [0.717, 1.165) is 22.6 Å². The van der Waals surface area contributed by atoms with E-state index in [1.54, 1.807) is 29.7 Å². The van der Waals surface area contributed by atoms with Gasteiger partial charge in [0.1, 0.15) is 11.6 Å².